The van der Waals surface area contributed by atoms with Gasteiger partial charge in [0.05, 0.1) is 0 Å². The molecule has 0 saturated heterocycles. The lowest BCUT2D eigenvalue weighted by Gasteiger charge is -2.49. The summed E-state index contributed by atoms with van der Waals surface area (Å²) in [5, 5.41) is 0. The number of ether oxygens (including phenoxy) is 1. The monoisotopic (exact) mass is 316 g/mol. The lowest BCUT2D eigenvalue weighted by Crippen LogP contribution is -2.49. The van der Waals surface area contributed by atoms with Crippen molar-refractivity contribution in [2.24, 2.45) is 23.2 Å². The zero-order valence-electron chi connectivity index (χ0n) is 14.7. The van der Waals surface area contributed by atoms with Gasteiger partial charge in [-0.05, 0) is 82.0 Å². The molecule has 0 N–H and O–H groups in total. The number of fused-ring (bicyclic) bond motifs is 2. The summed E-state index contributed by atoms with van der Waals surface area (Å²) in [6, 6.07) is 0. The van der Waals surface area contributed by atoms with Crippen LogP contribution in [0.15, 0.2) is 12.2 Å². The maximum atomic E-state index is 12.4. The molecule has 1 spiro atoms. The van der Waals surface area contributed by atoms with Gasteiger partial charge in [-0.25, -0.2) is 4.79 Å². The molecule has 0 amide bonds. The zero-order valence-corrected chi connectivity index (χ0v) is 14.7. The first-order valence-electron chi connectivity index (χ1n) is 9.91. The van der Waals surface area contributed by atoms with E-state index in [0.717, 1.165) is 24.7 Å². The Morgan fingerprint density at radius 3 is 2.22 bits per heavy atom. The van der Waals surface area contributed by atoms with Crippen molar-refractivity contribution in [3.63, 3.8) is 0 Å². The molecule has 4 rings (SSSR count). The maximum absolute atomic E-state index is 12.4. The molecule has 0 aliphatic heterocycles. The van der Waals surface area contributed by atoms with Crippen LogP contribution in [0, 0.1) is 23.2 Å². The summed E-state index contributed by atoms with van der Waals surface area (Å²) in [5.74, 6) is 2.21. The molecule has 128 valence electrons. The Labute approximate surface area is 141 Å². The predicted molar refractivity (Wildman–Crippen MR) is 91.9 cm³/mol. The van der Waals surface area contributed by atoms with Crippen LogP contribution in [-0.2, 0) is 9.53 Å². The summed E-state index contributed by atoms with van der Waals surface area (Å²) in [5.41, 5.74) is 0.995. The van der Waals surface area contributed by atoms with Crippen molar-refractivity contribution in [2.45, 2.75) is 89.6 Å². The Morgan fingerprint density at radius 2 is 1.70 bits per heavy atom. The third kappa shape index (κ3) is 2.66. The minimum atomic E-state index is -0.163. The second-order valence-corrected chi connectivity index (χ2v) is 9.22. The van der Waals surface area contributed by atoms with E-state index < -0.39 is 0 Å². The van der Waals surface area contributed by atoms with Crippen LogP contribution >= 0.6 is 0 Å². The fourth-order valence-corrected chi connectivity index (χ4v) is 6.54. The van der Waals surface area contributed by atoms with Crippen LogP contribution in [0.1, 0.15) is 84.0 Å². The quantitative estimate of drug-likeness (QED) is 0.513. The minimum Gasteiger partial charge on any atom is -0.455 e. The molecule has 2 nitrogen and oxygen atoms in total. The van der Waals surface area contributed by atoms with Gasteiger partial charge in [0, 0.05) is 11.5 Å². The van der Waals surface area contributed by atoms with Gasteiger partial charge in [-0.3, -0.25) is 0 Å². The van der Waals surface area contributed by atoms with E-state index >= 15 is 0 Å². The molecule has 3 atom stereocenters. The first kappa shape index (κ1) is 15.7. The molecule has 2 bridgehead atoms. The van der Waals surface area contributed by atoms with Crippen LogP contribution in [0.2, 0.25) is 0 Å². The highest BCUT2D eigenvalue weighted by Crippen LogP contribution is 2.60. The Bertz CT molecular complexity index is 490. The molecule has 0 heterocycles. The topological polar surface area (TPSA) is 26.3 Å². The molecule has 0 radical (unpaired) electrons. The first-order chi connectivity index (χ1) is 11.0. The second-order valence-electron chi connectivity index (χ2n) is 9.22. The summed E-state index contributed by atoms with van der Waals surface area (Å²) in [4.78, 5) is 12.4. The van der Waals surface area contributed by atoms with Crippen LogP contribution in [0.3, 0.4) is 0 Å². The van der Waals surface area contributed by atoms with Crippen LogP contribution in [0.4, 0.5) is 0 Å². The molecule has 3 unspecified atom stereocenters. The molecule has 4 aliphatic carbocycles. The number of carbonyl (C=O) groups excluding carboxylic acids is 1. The summed E-state index contributed by atoms with van der Waals surface area (Å²) in [7, 11) is 0. The van der Waals surface area contributed by atoms with Crippen molar-refractivity contribution in [2.75, 3.05) is 0 Å². The SMILES string of the molecule is C=C(C)C(=O)OC1(C2CC3CCC2C3)CCC2(CCCC2)CC1. The Balaban J connectivity index is 1.55. The van der Waals surface area contributed by atoms with Gasteiger partial charge in [0.15, 0.2) is 0 Å². The van der Waals surface area contributed by atoms with Gasteiger partial charge >= 0.3 is 5.97 Å². The summed E-state index contributed by atoms with van der Waals surface area (Å²) in [6.07, 6.45) is 15.9. The maximum Gasteiger partial charge on any atom is 0.333 e. The van der Waals surface area contributed by atoms with Crippen molar-refractivity contribution in [3.8, 4) is 0 Å². The van der Waals surface area contributed by atoms with Crippen LogP contribution < -0.4 is 0 Å². The highest BCUT2D eigenvalue weighted by atomic mass is 16.6. The van der Waals surface area contributed by atoms with Gasteiger partial charge in [-0.2, -0.15) is 0 Å². The number of hydrogen-bond acceptors (Lipinski definition) is 2. The summed E-state index contributed by atoms with van der Waals surface area (Å²) in [6.45, 7) is 5.61. The van der Waals surface area contributed by atoms with Crippen molar-refractivity contribution >= 4 is 5.97 Å². The van der Waals surface area contributed by atoms with E-state index in [1.165, 1.54) is 64.2 Å². The Kier molecular flexibility index (Phi) is 3.85. The van der Waals surface area contributed by atoms with E-state index in [0.29, 0.717) is 16.9 Å². The van der Waals surface area contributed by atoms with Gasteiger partial charge in [-0.15, -0.1) is 0 Å². The number of hydrogen-bond donors (Lipinski definition) is 0. The third-order valence-corrected chi connectivity index (χ3v) is 7.88. The van der Waals surface area contributed by atoms with Crippen LogP contribution in [0.25, 0.3) is 0 Å². The molecular formula is C21H32O2. The molecule has 4 aliphatic rings. The van der Waals surface area contributed by atoms with E-state index in [2.05, 4.69) is 6.58 Å². The molecule has 4 saturated carbocycles. The third-order valence-electron chi connectivity index (χ3n) is 7.88. The number of rotatable bonds is 3. The van der Waals surface area contributed by atoms with Gasteiger partial charge in [0.1, 0.15) is 5.60 Å². The number of carbonyl (C=O) groups is 1. The molecule has 2 heteroatoms. The summed E-state index contributed by atoms with van der Waals surface area (Å²) < 4.78 is 6.24. The van der Waals surface area contributed by atoms with E-state index in [9.17, 15) is 4.79 Å². The smallest absolute Gasteiger partial charge is 0.333 e. The lowest BCUT2D eigenvalue weighted by atomic mass is 9.61. The standard InChI is InChI=1S/C21H32O2/c1-15(2)19(22)23-21(18-14-16-5-6-17(18)13-16)11-9-20(10-12-21)7-3-4-8-20/h16-18H,1,3-14H2,2H3. The minimum absolute atomic E-state index is 0.143. The largest absolute Gasteiger partial charge is 0.455 e. The molecule has 0 aromatic rings. The van der Waals surface area contributed by atoms with E-state index in [1.54, 1.807) is 6.92 Å². The summed E-state index contributed by atoms with van der Waals surface area (Å²) >= 11 is 0. The Morgan fingerprint density at radius 1 is 1.00 bits per heavy atom. The van der Waals surface area contributed by atoms with E-state index in [1.807, 2.05) is 0 Å². The second kappa shape index (κ2) is 5.63. The van der Waals surface area contributed by atoms with Crippen molar-refractivity contribution in [1.29, 1.82) is 0 Å². The molecule has 0 aromatic carbocycles. The van der Waals surface area contributed by atoms with Crippen molar-refractivity contribution in [3.05, 3.63) is 12.2 Å². The average Bonchev–Trinajstić information content (AvgIpc) is 3.27. The number of esters is 1. The molecule has 23 heavy (non-hydrogen) atoms. The van der Waals surface area contributed by atoms with Crippen LogP contribution in [-0.4, -0.2) is 11.6 Å². The first-order valence-corrected chi connectivity index (χ1v) is 9.91. The fraction of sp³-hybridized carbons (Fsp3) is 0.857. The zero-order chi connectivity index (χ0) is 16.1. The van der Waals surface area contributed by atoms with Crippen LogP contribution in [0.5, 0.6) is 0 Å². The highest BCUT2D eigenvalue weighted by Gasteiger charge is 2.55. The highest BCUT2D eigenvalue weighted by molar-refractivity contribution is 5.87. The normalized spacial score (nSPS) is 37.2. The van der Waals surface area contributed by atoms with Crippen molar-refractivity contribution in [1.82, 2.24) is 0 Å². The Hall–Kier alpha value is -0.790. The molecular weight excluding hydrogens is 284 g/mol. The predicted octanol–water partition coefficient (Wildman–Crippen LogP) is 5.42. The van der Waals surface area contributed by atoms with Crippen molar-refractivity contribution < 1.29 is 9.53 Å². The van der Waals surface area contributed by atoms with Gasteiger partial charge < -0.3 is 4.74 Å². The molecule has 4 fully saturated rings. The fourth-order valence-electron chi connectivity index (χ4n) is 6.54. The van der Waals surface area contributed by atoms with Gasteiger partial charge in [-0.1, -0.05) is 25.8 Å². The molecule has 0 aromatic heterocycles. The van der Waals surface area contributed by atoms with Gasteiger partial charge in [0.2, 0.25) is 0 Å². The van der Waals surface area contributed by atoms with E-state index in [-0.39, 0.29) is 11.6 Å². The van der Waals surface area contributed by atoms with Gasteiger partial charge in [0.25, 0.3) is 0 Å². The average molecular weight is 316 g/mol. The lowest BCUT2D eigenvalue weighted by molar-refractivity contribution is -0.174. The van der Waals surface area contributed by atoms with E-state index in [4.69, 9.17) is 4.74 Å².